The average Bonchev–Trinajstić information content (AvgIpc) is 2.39. The summed E-state index contributed by atoms with van der Waals surface area (Å²) in [6.07, 6.45) is 9.53. The number of aromatic nitrogens is 1. The highest BCUT2D eigenvalue weighted by molar-refractivity contribution is 4.83. The summed E-state index contributed by atoms with van der Waals surface area (Å²) in [5.74, 6) is 0. The van der Waals surface area contributed by atoms with Crippen LogP contribution in [0.1, 0.15) is 39.5 Å². The lowest BCUT2D eigenvalue weighted by molar-refractivity contribution is -0.696. The third-order valence-electron chi connectivity index (χ3n) is 3.11. The Balaban J connectivity index is 2.31. The van der Waals surface area contributed by atoms with E-state index in [1.165, 1.54) is 45.3 Å². The van der Waals surface area contributed by atoms with Crippen molar-refractivity contribution in [3.63, 3.8) is 0 Å². The van der Waals surface area contributed by atoms with Gasteiger partial charge in [0, 0.05) is 12.1 Å². The summed E-state index contributed by atoms with van der Waals surface area (Å²) >= 11 is 0. The van der Waals surface area contributed by atoms with Crippen molar-refractivity contribution in [2.24, 2.45) is 0 Å². The van der Waals surface area contributed by atoms with Crippen molar-refractivity contribution in [1.29, 1.82) is 0 Å². The maximum absolute atomic E-state index is 2.60. The molecule has 2 nitrogen and oxygen atoms in total. The van der Waals surface area contributed by atoms with Gasteiger partial charge in [0.25, 0.3) is 0 Å². The quantitative estimate of drug-likeness (QED) is 0.597. The molecule has 0 radical (unpaired) electrons. The number of rotatable bonds is 9. The molecule has 0 amide bonds. The van der Waals surface area contributed by atoms with Gasteiger partial charge in [-0.3, -0.25) is 4.90 Å². The number of hydrogen-bond acceptors (Lipinski definition) is 1. The van der Waals surface area contributed by atoms with Gasteiger partial charge in [-0.25, -0.2) is 4.57 Å². The van der Waals surface area contributed by atoms with E-state index in [4.69, 9.17) is 0 Å². The molecule has 1 aromatic rings. The van der Waals surface area contributed by atoms with Crippen molar-refractivity contribution in [3.8, 4) is 0 Å². The summed E-state index contributed by atoms with van der Waals surface area (Å²) in [5.41, 5.74) is 0. The van der Waals surface area contributed by atoms with Crippen molar-refractivity contribution in [1.82, 2.24) is 4.90 Å². The van der Waals surface area contributed by atoms with Crippen LogP contribution < -0.4 is 4.57 Å². The molecule has 1 rings (SSSR count). The fourth-order valence-corrected chi connectivity index (χ4v) is 1.94. The first-order valence-electron chi connectivity index (χ1n) is 7.03. The Bertz CT molecular complexity index is 264. The van der Waals surface area contributed by atoms with Crippen LogP contribution in [-0.2, 0) is 6.54 Å². The first kappa shape index (κ1) is 14.2. The van der Waals surface area contributed by atoms with Gasteiger partial charge in [0.2, 0.25) is 0 Å². The molecule has 0 saturated carbocycles. The monoisotopic (exact) mass is 235 g/mol. The van der Waals surface area contributed by atoms with E-state index >= 15 is 0 Å². The van der Waals surface area contributed by atoms with E-state index in [-0.39, 0.29) is 0 Å². The second-order valence-corrected chi connectivity index (χ2v) is 4.66. The Morgan fingerprint density at radius 2 is 1.41 bits per heavy atom. The Morgan fingerprint density at radius 1 is 0.824 bits per heavy atom. The molecule has 0 bridgehead atoms. The third-order valence-corrected chi connectivity index (χ3v) is 3.11. The van der Waals surface area contributed by atoms with Gasteiger partial charge < -0.3 is 0 Å². The van der Waals surface area contributed by atoms with Gasteiger partial charge in [0.05, 0.1) is 6.54 Å². The van der Waals surface area contributed by atoms with Crippen molar-refractivity contribution in [2.45, 2.75) is 46.1 Å². The van der Waals surface area contributed by atoms with Crippen LogP contribution in [0.2, 0.25) is 0 Å². The minimum atomic E-state index is 1.11. The molecular formula is C15H27N2+. The minimum absolute atomic E-state index is 1.11. The smallest absolute Gasteiger partial charge is 0.168 e. The van der Waals surface area contributed by atoms with E-state index in [2.05, 4.69) is 53.9 Å². The molecule has 1 heterocycles. The summed E-state index contributed by atoms with van der Waals surface area (Å²) < 4.78 is 2.27. The lowest BCUT2D eigenvalue weighted by Gasteiger charge is -2.20. The predicted molar refractivity (Wildman–Crippen MR) is 72.9 cm³/mol. The Hall–Kier alpha value is -0.890. The summed E-state index contributed by atoms with van der Waals surface area (Å²) in [5, 5.41) is 0. The zero-order valence-electron chi connectivity index (χ0n) is 11.4. The molecule has 0 aliphatic carbocycles. The highest BCUT2D eigenvalue weighted by Gasteiger charge is 2.06. The molecule has 0 unspecified atom stereocenters. The Morgan fingerprint density at radius 3 is 1.94 bits per heavy atom. The van der Waals surface area contributed by atoms with E-state index in [1.54, 1.807) is 0 Å². The first-order valence-corrected chi connectivity index (χ1v) is 7.03. The molecule has 2 heteroatoms. The third kappa shape index (κ3) is 6.42. The van der Waals surface area contributed by atoms with Crippen molar-refractivity contribution < 1.29 is 4.57 Å². The molecule has 1 aromatic heterocycles. The van der Waals surface area contributed by atoms with Gasteiger partial charge >= 0.3 is 0 Å². The van der Waals surface area contributed by atoms with Gasteiger partial charge in [-0.15, -0.1) is 0 Å². The molecule has 0 spiro atoms. The molecule has 0 fully saturated rings. The number of pyridine rings is 1. The van der Waals surface area contributed by atoms with E-state index in [1.807, 2.05) is 0 Å². The molecule has 0 aliphatic heterocycles. The number of hydrogen-bond donors (Lipinski definition) is 0. The van der Waals surface area contributed by atoms with Gasteiger partial charge in [0.1, 0.15) is 0 Å². The van der Waals surface area contributed by atoms with E-state index < -0.39 is 0 Å². The maximum Gasteiger partial charge on any atom is 0.168 e. The first-order chi connectivity index (χ1) is 8.36. The maximum atomic E-state index is 2.60. The zero-order valence-corrected chi connectivity index (χ0v) is 11.4. The second-order valence-electron chi connectivity index (χ2n) is 4.66. The highest BCUT2D eigenvalue weighted by atomic mass is 15.1. The van der Waals surface area contributed by atoms with Crippen LogP contribution in [0.4, 0.5) is 0 Å². The standard InChI is InChI=1S/C15H27N2/c1-3-5-10-16(11-6-4-2)14-15-17-12-8-7-9-13-17/h7-9,12-13H,3-6,10-11,14-15H2,1-2H3/q+1. The summed E-state index contributed by atoms with van der Waals surface area (Å²) in [6.45, 7) is 9.32. The highest BCUT2D eigenvalue weighted by Crippen LogP contribution is 1.98. The Labute approximate surface area is 106 Å². The number of nitrogens with zero attached hydrogens (tertiary/aromatic N) is 2. The van der Waals surface area contributed by atoms with Gasteiger partial charge in [0.15, 0.2) is 18.9 Å². The Kier molecular flexibility index (Phi) is 7.65. The molecule has 0 N–H and O–H groups in total. The molecular weight excluding hydrogens is 208 g/mol. The topological polar surface area (TPSA) is 7.12 Å². The van der Waals surface area contributed by atoms with Crippen LogP contribution in [0.15, 0.2) is 30.6 Å². The van der Waals surface area contributed by atoms with Gasteiger partial charge in [-0.1, -0.05) is 32.8 Å². The fraction of sp³-hybridized carbons (Fsp3) is 0.667. The van der Waals surface area contributed by atoms with Crippen LogP contribution in [0.5, 0.6) is 0 Å². The molecule has 0 aromatic carbocycles. The molecule has 0 atom stereocenters. The summed E-state index contributed by atoms with van der Waals surface area (Å²) in [6, 6.07) is 6.27. The zero-order chi connectivity index (χ0) is 12.3. The van der Waals surface area contributed by atoms with Crippen molar-refractivity contribution in [3.05, 3.63) is 30.6 Å². The SMILES string of the molecule is CCCCN(CCCC)CC[n+]1ccccc1. The van der Waals surface area contributed by atoms with Gasteiger partial charge in [-0.2, -0.15) is 0 Å². The van der Waals surface area contributed by atoms with Crippen LogP contribution >= 0.6 is 0 Å². The van der Waals surface area contributed by atoms with Crippen LogP contribution in [0, 0.1) is 0 Å². The van der Waals surface area contributed by atoms with Gasteiger partial charge in [-0.05, 0) is 25.9 Å². The molecule has 0 aliphatic rings. The minimum Gasteiger partial charge on any atom is -0.297 e. The largest absolute Gasteiger partial charge is 0.297 e. The van der Waals surface area contributed by atoms with E-state index in [0.717, 1.165) is 6.54 Å². The number of unbranched alkanes of at least 4 members (excludes halogenated alkanes) is 2. The van der Waals surface area contributed by atoms with Crippen LogP contribution in [-0.4, -0.2) is 24.5 Å². The lowest BCUT2D eigenvalue weighted by atomic mass is 10.2. The predicted octanol–water partition coefficient (Wildman–Crippen LogP) is 2.88. The normalized spacial score (nSPS) is 11.0. The molecule has 0 saturated heterocycles. The fourth-order valence-electron chi connectivity index (χ4n) is 1.94. The lowest BCUT2D eigenvalue weighted by Crippen LogP contribution is -2.40. The molecule has 17 heavy (non-hydrogen) atoms. The van der Waals surface area contributed by atoms with Crippen molar-refractivity contribution in [2.75, 3.05) is 19.6 Å². The summed E-state index contributed by atoms with van der Waals surface area (Å²) in [7, 11) is 0. The van der Waals surface area contributed by atoms with Crippen LogP contribution in [0.3, 0.4) is 0 Å². The van der Waals surface area contributed by atoms with E-state index in [9.17, 15) is 0 Å². The van der Waals surface area contributed by atoms with Crippen molar-refractivity contribution >= 4 is 0 Å². The van der Waals surface area contributed by atoms with Crippen LogP contribution in [0.25, 0.3) is 0 Å². The molecule has 96 valence electrons. The summed E-state index contributed by atoms with van der Waals surface area (Å²) in [4.78, 5) is 2.60. The van der Waals surface area contributed by atoms with E-state index in [0.29, 0.717) is 0 Å². The second kappa shape index (κ2) is 9.17. The average molecular weight is 235 g/mol.